The number of hydrogen-bond acceptors (Lipinski definition) is 8. The van der Waals surface area contributed by atoms with Gasteiger partial charge in [0.2, 0.25) is 12.1 Å². The van der Waals surface area contributed by atoms with E-state index in [0.717, 1.165) is 0 Å². The molecule has 0 bridgehead atoms. The lowest BCUT2D eigenvalue weighted by molar-refractivity contribution is -0.290. The highest BCUT2D eigenvalue weighted by Crippen LogP contribution is 2.37. The van der Waals surface area contributed by atoms with Gasteiger partial charge in [0, 0.05) is 11.0 Å². The Kier molecular flexibility index (Phi) is 5.48. The Labute approximate surface area is 139 Å². The zero-order valence-corrected chi connectivity index (χ0v) is 13.8. The van der Waals surface area contributed by atoms with Gasteiger partial charge in [0.1, 0.15) is 24.4 Å². The molecule has 1 aliphatic carbocycles. The van der Waals surface area contributed by atoms with Gasteiger partial charge >= 0.3 is 0 Å². The number of allylic oxidation sites excluding steroid dienone is 2. The van der Waals surface area contributed by atoms with Crippen LogP contribution in [0.1, 0.15) is 20.8 Å². The molecule has 5 atom stereocenters. The molecule has 0 spiro atoms. The standard InChI is InChI=1S/C16H24O8/c1-7-8(5-17)16(2,3)4-9(11(7)19)23-15-14(22)13(21)12(20)10(6-18)24-15/h4,10,12-15,17-18,20-22H,5-6H2,1-3H3. The lowest BCUT2D eigenvalue weighted by Gasteiger charge is -2.40. The molecule has 1 aliphatic heterocycles. The van der Waals surface area contributed by atoms with Gasteiger partial charge in [0.15, 0.2) is 5.76 Å². The zero-order valence-electron chi connectivity index (χ0n) is 13.8. The highest BCUT2D eigenvalue weighted by molar-refractivity contribution is 6.08. The fraction of sp³-hybridized carbons (Fsp3) is 0.688. The molecule has 0 saturated carbocycles. The van der Waals surface area contributed by atoms with Crippen LogP contribution in [0.15, 0.2) is 23.0 Å². The summed E-state index contributed by atoms with van der Waals surface area (Å²) in [6.45, 7) is 4.31. The SMILES string of the molecule is CC1=C(CO)C(C)(C)C=C(OC2OC(CO)C(O)C(O)C2O)C1=O. The number of ether oxygens (including phenoxy) is 2. The van der Waals surface area contributed by atoms with E-state index in [9.17, 15) is 30.3 Å². The van der Waals surface area contributed by atoms with Crippen molar-refractivity contribution >= 4 is 5.78 Å². The molecule has 1 heterocycles. The quantitative estimate of drug-likeness (QED) is 0.420. The monoisotopic (exact) mass is 344 g/mol. The number of aliphatic hydroxyl groups is 5. The fourth-order valence-corrected chi connectivity index (χ4v) is 2.99. The number of Topliss-reactive ketones (excluding diaryl/α,β-unsaturated/α-hetero) is 1. The molecule has 1 fully saturated rings. The van der Waals surface area contributed by atoms with Crippen LogP contribution in [0, 0.1) is 5.41 Å². The zero-order chi connectivity index (χ0) is 18.2. The highest BCUT2D eigenvalue weighted by atomic mass is 16.7. The molecule has 8 nitrogen and oxygen atoms in total. The number of carbonyl (C=O) groups is 1. The predicted octanol–water partition coefficient (Wildman–Crippen LogP) is -1.40. The lowest BCUT2D eigenvalue weighted by Crippen LogP contribution is -2.59. The van der Waals surface area contributed by atoms with Gasteiger partial charge in [0.25, 0.3) is 0 Å². The van der Waals surface area contributed by atoms with Crippen LogP contribution >= 0.6 is 0 Å². The maximum Gasteiger partial charge on any atom is 0.229 e. The Hall–Kier alpha value is -1.29. The fourth-order valence-electron chi connectivity index (χ4n) is 2.99. The van der Waals surface area contributed by atoms with E-state index >= 15 is 0 Å². The summed E-state index contributed by atoms with van der Waals surface area (Å²) in [7, 11) is 0. The summed E-state index contributed by atoms with van der Waals surface area (Å²) in [5.74, 6) is -0.547. The van der Waals surface area contributed by atoms with Crippen LogP contribution in [0.2, 0.25) is 0 Å². The van der Waals surface area contributed by atoms with E-state index in [4.69, 9.17) is 9.47 Å². The highest BCUT2D eigenvalue weighted by Gasteiger charge is 2.46. The smallest absolute Gasteiger partial charge is 0.229 e. The summed E-state index contributed by atoms with van der Waals surface area (Å²) in [6, 6.07) is 0. The molecule has 5 unspecified atom stereocenters. The van der Waals surface area contributed by atoms with Gasteiger partial charge in [-0.15, -0.1) is 0 Å². The third kappa shape index (κ3) is 3.26. The molecule has 0 aromatic heterocycles. The molecule has 0 amide bonds. The topological polar surface area (TPSA) is 137 Å². The van der Waals surface area contributed by atoms with E-state index < -0.39 is 48.5 Å². The van der Waals surface area contributed by atoms with Crippen molar-refractivity contribution < 1.29 is 39.8 Å². The van der Waals surface area contributed by atoms with Crippen LogP contribution < -0.4 is 0 Å². The minimum atomic E-state index is -1.59. The maximum absolute atomic E-state index is 12.4. The Morgan fingerprint density at radius 1 is 1.17 bits per heavy atom. The van der Waals surface area contributed by atoms with E-state index in [2.05, 4.69) is 0 Å². The molecular formula is C16H24O8. The van der Waals surface area contributed by atoms with E-state index in [1.807, 2.05) is 0 Å². The Morgan fingerprint density at radius 2 is 1.79 bits per heavy atom. The van der Waals surface area contributed by atoms with E-state index in [1.54, 1.807) is 20.8 Å². The first-order valence-corrected chi connectivity index (χ1v) is 7.69. The summed E-state index contributed by atoms with van der Waals surface area (Å²) in [5.41, 5.74) is 0.258. The largest absolute Gasteiger partial charge is 0.458 e. The molecule has 0 radical (unpaired) electrons. The molecule has 1 saturated heterocycles. The van der Waals surface area contributed by atoms with E-state index in [1.165, 1.54) is 6.08 Å². The predicted molar refractivity (Wildman–Crippen MR) is 81.5 cm³/mol. The minimum absolute atomic E-state index is 0.0842. The van der Waals surface area contributed by atoms with Crippen molar-refractivity contribution in [2.45, 2.75) is 51.5 Å². The van der Waals surface area contributed by atoms with E-state index in [-0.39, 0.29) is 12.4 Å². The summed E-state index contributed by atoms with van der Waals surface area (Å²) in [5, 5.41) is 48.2. The normalized spacial score (nSPS) is 36.6. The van der Waals surface area contributed by atoms with Gasteiger partial charge in [-0.3, -0.25) is 4.79 Å². The van der Waals surface area contributed by atoms with Crippen LogP contribution in [0.25, 0.3) is 0 Å². The molecule has 0 aromatic carbocycles. The van der Waals surface area contributed by atoms with Crippen molar-refractivity contribution in [1.29, 1.82) is 0 Å². The second-order valence-electron chi connectivity index (χ2n) is 6.64. The van der Waals surface area contributed by atoms with Gasteiger partial charge in [-0.25, -0.2) is 0 Å². The molecule has 24 heavy (non-hydrogen) atoms. The molecule has 2 aliphatic rings. The first-order chi connectivity index (χ1) is 11.1. The molecule has 2 rings (SSSR count). The number of carbonyl (C=O) groups excluding carboxylic acids is 1. The van der Waals surface area contributed by atoms with Crippen molar-refractivity contribution in [1.82, 2.24) is 0 Å². The van der Waals surface area contributed by atoms with Crippen molar-refractivity contribution in [3.8, 4) is 0 Å². The van der Waals surface area contributed by atoms with Crippen LogP contribution in [0.5, 0.6) is 0 Å². The Morgan fingerprint density at radius 3 is 2.33 bits per heavy atom. The van der Waals surface area contributed by atoms with Crippen molar-refractivity contribution in [3.05, 3.63) is 23.0 Å². The summed E-state index contributed by atoms with van der Waals surface area (Å²) in [4.78, 5) is 12.4. The third-order valence-corrected chi connectivity index (χ3v) is 4.54. The first kappa shape index (κ1) is 19.0. The lowest BCUT2D eigenvalue weighted by atomic mass is 9.76. The molecule has 5 N–H and O–H groups in total. The first-order valence-electron chi connectivity index (χ1n) is 7.69. The van der Waals surface area contributed by atoms with Crippen molar-refractivity contribution in [2.75, 3.05) is 13.2 Å². The molecule has 8 heteroatoms. The average molecular weight is 344 g/mol. The molecular weight excluding hydrogens is 320 g/mol. The van der Waals surface area contributed by atoms with Gasteiger partial charge in [-0.05, 0) is 18.6 Å². The second kappa shape index (κ2) is 6.91. The number of aliphatic hydroxyl groups excluding tert-OH is 5. The van der Waals surface area contributed by atoms with Crippen LogP contribution in [-0.2, 0) is 14.3 Å². The maximum atomic E-state index is 12.4. The van der Waals surface area contributed by atoms with Crippen LogP contribution in [-0.4, -0.2) is 75.2 Å². The van der Waals surface area contributed by atoms with Crippen molar-refractivity contribution in [2.24, 2.45) is 5.41 Å². The third-order valence-electron chi connectivity index (χ3n) is 4.54. The van der Waals surface area contributed by atoms with Gasteiger partial charge in [-0.2, -0.15) is 0 Å². The second-order valence-corrected chi connectivity index (χ2v) is 6.64. The molecule has 136 valence electrons. The molecule has 0 aromatic rings. The summed E-state index contributed by atoms with van der Waals surface area (Å²) >= 11 is 0. The number of hydrogen-bond donors (Lipinski definition) is 5. The Balaban J connectivity index is 2.24. The summed E-state index contributed by atoms with van der Waals surface area (Å²) < 4.78 is 10.7. The van der Waals surface area contributed by atoms with Crippen molar-refractivity contribution in [3.63, 3.8) is 0 Å². The number of ketones is 1. The van der Waals surface area contributed by atoms with Crippen LogP contribution in [0.3, 0.4) is 0 Å². The minimum Gasteiger partial charge on any atom is -0.458 e. The van der Waals surface area contributed by atoms with Crippen LogP contribution in [0.4, 0.5) is 0 Å². The Bertz CT molecular complexity index is 562. The van der Waals surface area contributed by atoms with Gasteiger partial charge < -0.3 is 35.0 Å². The van der Waals surface area contributed by atoms with Gasteiger partial charge in [-0.1, -0.05) is 13.8 Å². The summed E-state index contributed by atoms with van der Waals surface area (Å²) in [6.07, 6.45) is -5.71. The van der Waals surface area contributed by atoms with Gasteiger partial charge in [0.05, 0.1) is 13.2 Å². The average Bonchev–Trinajstić information content (AvgIpc) is 2.52. The van der Waals surface area contributed by atoms with E-state index in [0.29, 0.717) is 11.1 Å². The number of rotatable bonds is 4.